The first-order chi connectivity index (χ1) is 12.9. The van der Waals surface area contributed by atoms with Crippen LogP contribution in [-0.2, 0) is 11.3 Å². The standard InChI is InChI=1S/C19H24N4O4/c1-4-7-26-15-9-21-12(8-13(15)24)10-23-18-14(5-6-16(20)22-18)27-17(11(2)3)19(23)25/h5-6,8-9,11,17H,4,7,10H2,1-3H3,(H2,20,22)(H,21,24). The lowest BCUT2D eigenvalue weighted by molar-refractivity contribution is -0.128. The molecule has 0 spiro atoms. The van der Waals surface area contributed by atoms with Gasteiger partial charge in [-0.1, -0.05) is 20.8 Å². The van der Waals surface area contributed by atoms with Crippen molar-refractivity contribution in [2.45, 2.75) is 39.8 Å². The van der Waals surface area contributed by atoms with Gasteiger partial charge in [0.1, 0.15) is 5.82 Å². The number of nitrogens with zero attached hydrogens (tertiary/aromatic N) is 2. The van der Waals surface area contributed by atoms with E-state index in [2.05, 4.69) is 9.97 Å². The molecular formula is C19H24N4O4. The molecule has 1 atom stereocenters. The van der Waals surface area contributed by atoms with Crippen LogP contribution in [0.5, 0.6) is 11.5 Å². The summed E-state index contributed by atoms with van der Waals surface area (Å²) in [6, 6.07) is 4.77. The van der Waals surface area contributed by atoms with Crippen molar-refractivity contribution in [3.05, 3.63) is 40.3 Å². The highest BCUT2D eigenvalue weighted by atomic mass is 16.5. The number of rotatable bonds is 6. The van der Waals surface area contributed by atoms with Gasteiger partial charge < -0.3 is 20.2 Å². The third-order valence-electron chi connectivity index (χ3n) is 4.21. The molecule has 1 amide bonds. The Labute approximate surface area is 157 Å². The summed E-state index contributed by atoms with van der Waals surface area (Å²) in [4.78, 5) is 34.0. The van der Waals surface area contributed by atoms with Crippen LogP contribution in [0, 0.1) is 5.92 Å². The summed E-state index contributed by atoms with van der Waals surface area (Å²) < 4.78 is 11.2. The molecule has 0 bridgehead atoms. The minimum atomic E-state index is -0.623. The Bertz CT molecular complexity index is 894. The van der Waals surface area contributed by atoms with Crippen molar-refractivity contribution < 1.29 is 14.3 Å². The molecule has 3 rings (SSSR count). The first kappa shape index (κ1) is 18.8. The molecule has 1 aliphatic heterocycles. The molecule has 27 heavy (non-hydrogen) atoms. The van der Waals surface area contributed by atoms with Crippen LogP contribution in [0.2, 0.25) is 0 Å². The third kappa shape index (κ3) is 3.89. The predicted molar refractivity (Wildman–Crippen MR) is 102 cm³/mol. The average Bonchev–Trinajstić information content (AvgIpc) is 2.63. The SMILES string of the molecule is CCCOc1c[nH]c(CN2C(=O)C(C(C)C)Oc3ccc(N)nc32)cc1=O. The number of nitrogen functional groups attached to an aromatic ring is 1. The number of pyridine rings is 2. The number of carbonyl (C=O) groups is 1. The lowest BCUT2D eigenvalue weighted by Gasteiger charge is -2.35. The lowest BCUT2D eigenvalue weighted by atomic mass is 10.0. The van der Waals surface area contributed by atoms with E-state index < -0.39 is 6.10 Å². The summed E-state index contributed by atoms with van der Waals surface area (Å²) in [6.45, 7) is 6.42. The van der Waals surface area contributed by atoms with E-state index in [4.69, 9.17) is 15.2 Å². The number of nitrogens with one attached hydrogen (secondary N) is 1. The van der Waals surface area contributed by atoms with Crippen LogP contribution in [0.4, 0.5) is 11.6 Å². The minimum Gasteiger partial charge on any atom is -0.488 e. The molecule has 3 heterocycles. The third-order valence-corrected chi connectivity index (χ3v) is 4.21. The summed E-state index contributed by atoms with van der Waals surface area (Å²) in [5, 5.41) is 0. The fourth-order valence-electron chi connectivity index (χ4n) is 2.84. The van der Waals surface area contributed by atoms with E-state index in [1.807, 2.05) is 20.8 Å². The molecule has 144 valence electrons. The number of fused-ring (bicyclic) bond motifs is 1. The molecule has 1 unspecified atom stereocenters. The Balaban J connectivity index is 1.93. The Morgan fingerprint density at radius 3 is 2.81 bits per heavy atom. The molecule has 2 aromatic rings. The second-order valence-electron chi connectivity index (χ2n) is 6.80. The maximum atomic E-state index is 12.9. The van der Waals surface area contributed by atoms with Gasteiger partial charge in [-0.3, -0.25) is 14.5 Å². The van der Waals surface area contributed by atoms with Crippen LogP contribution in [-0.4, -0.2) is 28.6 Å². The van der Waals surface area contributed by atoms with Gasteiger partial charge in [-0.2, -0.15) is 0 Å². The number of carbonyl (C=O) groups excluding carboxylic acids is 1. The quantitative estimate of drug-likeness (QED) is 0.803. The molecule has 2 aromatic heterocycles. The van der Waals surface area contributed by atoms with Crippen LogP contribution in [0.3, 0.4) is 0 Å². The molecular weight excluding hydrogens is 348 g/mol. The van der Waals surface area contributed by atoms with E-state index in [9.17, 15) is 9.59 Å². The van der Waals surface area contributed by atoms with Crippen molar-refractivity contribution in [3.63, 3.8) is 0 Å². The maximum Gasteiger partial charge on any atom is 0.269 e. The Hall–Kier alpha value is -3.03. The number of hydrogen-bond donors (Lipinski definition) is 2. The van der Waals surface area contributed by atoms with Gasteiger partial charge in [-0.15, -0.1) is 0 Å². The van der Waals surface area contributed by atoms with Crippen molar-refractivity contribution in [2.75, 3.05) is 17.2 Å². The fraction of sp³-hybridized carbons (Fsp3) is 0.421. The van der Waals surface area contributed by atoms with E-state index in [1.165, 1.54) is 17.2 Å². The number of aromatic amines is 1. The number of aromatic nitrogens is 2. The predicted octanol–water partition coefficient (Wildman–Crippen LogP) is 2.09. The van der Waals surface area contributed by atoms with Crippen molar-refractivity contribution in [1.82, 2.24) is 9.97 Å². The number of nitrogens with two attached hydrogens (primary N) is 1. The van der Waals surface area contributed by atoms with Crippen LogP contribution in [0.25, 0.3) is 0 Å². The second-order valence-corrected chi connectivity index (χ2v) is 6.80. The van der Waals surface area contributed by atoms with Crippen molar-refractivity contribution in [3.8, 4) is 11.5 Å². The van der Waals surface area contributed by atoms with E-state index in [-0.39, 0.29) is 35.4 Å². The van der Waals surface area contributed by atoms with Gasteiger partial charge in [-0.05, 0) is 24.5 Å². The summed E-state index contributed by atoms with van der Waals surface area (Å²) in [7, 11) is 0. The summed E-state index contributed by atoms with van der Waals surface area (Å²) >= 11 is 0. The molecule has 0 aromatic carbocycles. The number of ether oxygens (including phenoxy) is 2. The molecule has 8 nitrogen and oxygen atoms in total. The largest absolute Gasteiger partial charge is 0.488 e. The van der Waals surface area contributed by atoms with Crippen molar-refractivity contribution in [2.24, 2.45) is 5.92 Å². The summed E-state index contributed by atoms with van der Waals surface area (Å²) in [5.41, 5.74) is 6.12. The highest BCUT2D eigenvalue weighted by Crippen LogP contribution is 2.35. The average molecular weight is 372 g/mol. The molecule has 1 aliphatic rings. The molecule has 0 aliphatic carbocycles. The van der Waals surface area contributed by atoms with Crippen LogP contribution in [0.1, 0.15) is 32.9 Å². The topological polar surface area (TPSA) is 111 Å². The normalized spacial score (nSPS) is 16.2. The van der Waals surface area contributed by atoms with E-state index in [0.717, 1.165) is 6.42 Å². The molecule has 0 radical (unpaired) electrons. The van der Waals surface area contributed by atoms with Gasteiger partial charge in [0.05, 0.1) is 13.2 Å². The highest BCUT2D eigenvalue weighted by molar-refractivity contribution is 5.99. The first-order valence-electron chi connectivity index (χ1n) is 8.99. The molecule has 0 saturated heterocycles. The first-order valence-corrected chi connectivity index (χ1v) is 8.99. The van der Waals surface area contributed by atoms with Crippen molar-refractivity contribution >= 4 is 17.5 Å². The van der Waals surface area contributed by atoms with E-state index in [1.54, 1.807) is 12.1 Å². The summed E-state index contributed by atoms with van der Waals surface area (Å²) in [5.74, 6) is 1.15. The lowest BCUT2D eigenvalue weighted by Crippen LogP contribution is -2.48. The monoisotopic (exact) mass is 372 g/mol. The van der Waals surface area contributed by atoms with Gasteiger partial charge in [-0.25, -0.2) is 4.98 Å². The number of anilines is 2. The zero-order valence-electron chi connectivity index (χ0n) is 15.7. The maximum absolute atomic E-state index is 12.9. The van der Waals surface area contributed by atoms with Gasteiger partial charge in [0.2, 0.25) is 5.43 Å². The van der Waals surface area contributed by atoms with Gasteiger partial charge in [0.15, 0.2) is 23.4 Å². The second kappa shape index (κ2) is 7.69. The van der Waals surface area contributed by atoms with Crippen molar-refractivity contribution in [1.29, 1.82) is 0 Å². The highest BCUT2D eigenvalue weighted by Gasteiger charge is 2.37. The smallest absolute Gasteiger partial charge is 0.269 e. The molecule has 0 saturated carbocycles. The molecule has 8 heteroatoms. The zero-order valence-corrected chi connectivity index (χ0v) is 15.7. The Kier molecular flexibility index (Phi) is 5.34. The van der Waals surface area contributed by atoms with Crippen LogP contribution in [0.15, 0.2) is 29.2 Å². The zero-order chi connectivity index (χ0) is 19.6. The summed E-state index contributed by atoms with van der Waals surface area (Å²) in [6.07, 6.45) is 1.71. The Morgan fingerprint density at radius 1 is 1.37 bits per heavy atom. The van der Waals surface area contributed by atoms with Gasteiger partial charge >= 0.3 is 0 Å². The Morgan fingerprint density at radius 2 is 2.15 bits per heavy atom. The fourth-order valence-corrected chi connectivity index (χ4v) is 2.84. The molecule has 3 N–H and O–H groups in total. The number of H-pyrrole nitrogens is 1. The van der Waals surface area contributed by atoms with Gasteiger partial charge in [0, 0.05) is 18.0 Å². The van der Waals surface area contributed by atoms with Gasteiger partial charge in [0.25, 0.3) is 5.91 Å². The minimum absolute atomic E-state index is 0.0189. The number of hydrogen-bond acceptors (Lipinski definition) is 6. The van der Waals surface area contributed by atoms with Crippen LogP contribution < -0.4 is 25.5 Å². The van der Waals surface area contributed by atoms with E-state index >= 15 is 0 Å². The molecule has 0 fully saturated rings. The number of amides is 1. The van der Waals surface area contributed by atoms with E-state index in [0.29, 0.717) is 23.9 Å². The van der Waals surface area contributed by atoms with Crippen LogP contribution >= 0.6 is 0 Å².